The Balaban J connectivity index is 1.90. The number of sulfonamides is 1. The highest BCUT2D eigenvalue weighted by Crippen LogP contribution is 2.31. The monoisotopic (exact) mass is 421 g/mol. The summed E-state index contributed by atoms with van der Waals surface area (Å²) < 4.78 is 32.8. The van der Waals surface area contributed by atoms with Crippen LogP contribution in [0, 0.1) is 5.92 Å². The number of anilines is 2. The van der Waals surface area contributed by atoms with Gasteiger partial charge < -0.3 is 15.0 Å². The van der Waals surface area contributed by atoms with Gasteiger partial charge in [0.05, 0.1) is 29.5 Å². The summed E-state index contributed by atoms with van der Waals surface area (Å²) in [5, 5.41) is 2.98. The van der Waals surface area contributed by atoms with E-state index in [2.05, 4.69) is 22.4 Å². The zero-order valence-electron chi connectivity index (χ0n) is 17.3. The van der Waals surface area contributed by atoms with E-state index in [1.165, 1.54) is 4.31 Å². The summed E-state index contributed by atoms with van der Waals surface area (Å²) in [7, 11) is -3.60. The van der Waals surface area contributed by atoms with Crippen LogP contribution < -0.4 is 10.2 Å². The first-order valence-corrected chi connectivity index (χ1v) is 11.8. The van der Waals surface area contributed by atoms with Crippen molar-refractivity contribution in [2.45, 2.75) is 38.0 Å². The summed E-state index contributed by atoms with van der Waals surface area (Å²) in [5.74, 6) is 0.165. The number of rotatable bonds is 8. The van der Waals surface area contributed by atoms with Crippen molar-refractivity contribution in [1.82, 2.24) is 4.31 Å². The molecule has 1 amide bonds. The van der Waals surface area contributed by atoms with E-state index in [4.69, 9.17) is 4.74 Å². The van der Waals surface area contributed by atoms with E-state index in [1.807, 2.05) is 13.8 Å². The maximum atomic E-state index is 13.0. The molecule has 1 fully saturated rings. The molecule has 29 heavy (non-hydrogen) atoms. The van der Waals surface area contributed by atoms with Crippen molar-refractivity contribution in [2.75, 3.05) is 49.6 Å². The molecule has 0 bridgehead atoms. The molecule has 0 aromatic heterocycles. The van der Waals surface area contributed by atoms with Gasteiger partial charge in [0.15, 0.2) is 0 Å². The van der Waals surface area contributed by atoms with E-state index in [1.54, 1.807) is 18.2 Å². The zero-order chi connectivity index (χ0) is 20.9. The highest BCUT2D eigenvalue weighted by atomic mass is 32.2. The second kappa shape index (κ2) is 9.73. The molecule has 0 saturated carbocycles. The fourth-order valence-electron chi connectivity index (χ4n) is 3.87. The Bertz CT molecular complexity index is 843. The van der Waals surface area contributed by atoms with E-state index in [-0.39, 0.29) is 16.7 Å². The van der Waals surface area contributed by atoms with Crippen LogP contribution in [0.2, 0.25) is 0 Å². The molecule has 1 atom stereocenters. The Morgan fingerprint density at radius 1 is 1.24 bits per heavy atom. The maximum absolute atomic E-state index is 13.0. The Hall–Kier alpha value is -1.90. The lowest BCUT2D eigenvalue weighted by atomic mass is 10.0. The fourth-order valence-corrected chi connectivity index (χ4v) is 5.36. The van der Waals surface area contributed by atoms with Crippen LogP contribution in [0.1, 0.15) is 33.1 Å². The summed E-state index contributed by atoms with van der Waals surface area (Å²) in [6, 6.07) is 5.03. The molecule has 7 nitrogen and oxygen atoms in total. The minimum atomic E-state index is -3.60. The standard InChI is InChI=1S/C21H31N3O4S/c1-3-24(4-2)29(26,27)18-9-10-20(23-11-13-28-14-12-23)19(16-18)22-21(25)15-17-7-5-6-8-17/h5,7,9-10,16-17H,3-4,6,8,11-15H2,1-2H3,(H,22,25). The van der Waals surface area contributed by atoms with Gasteiger partial charge in [-0.2, -0.15) is 4.31 Å². The average molecular weight is 422 g/mol. The van der Waals surface area contributed by atoms with E-state index in [0.29, 0.717) is 51.5 Å². The molecular weight excluding hydrogens is 390 g/mol. The normalized spacial score (nSPS) is 19.7. The molecule has 1 aliphatic heterocycles. The molecule has 3 rings (SSSR count). The number of carbonyl (C=O) groups excluding carboxylic acids is 1. The average Bonchev–Trinajstić information content (AvgIpc) is 3.22. The lowest BCUT2D eigenvalue weighted by molar-refractivity contribution is -0.116. The van der Waals surface area contributed by atoms with Crippen LogP contribution in [0.5, 0.6) is 0 Å². The van der Waals surface area contributed by atoms with Crippen molar-refractivity contribution in [3.8, 4) is 0 Å². The summed E-state index contributed by atoms with van der Waals surface area (Å²) in [6.07, 6.45) is 6.60. The Kier molecular flexibility index (Phi) is 7.32. The number of morpholine rings is 1. The van der Waals surface area contributed by atoms with E-state index < -0.39 is 10.0 Å². The van der Waals surface area contributed by atoms with Crippen molar-refractivity contribution in [3.05, 3.63) is 30.4 Å². The molecule has 1 unspecified atom stereocenters. The number of nitrogens with one attached hydrogen (secondary N) is 1. The van der Waals surface area contributed by atoms with Gasteiger partial charge in [-0.15, -0.1) is 0 Å². The topological polar surface area (TPSA) is 79.0 Å². The first-order valence-electron chi connectivity index (χ1n) is 10.4. The lowest BCUT2D eigenvalue weighted by Gasteiger charge is -2.31. The lowest BCUT2D eigenvalue weighted by Crippen LogP contribution is -2.37. The Labute approximate surface area is 173 Å². The van der Waals surface area contributed by atoms with Crippen molar-refractivity contribution in [3.63, 3.8) is 0 Å². The number of ether oxygens (including phenoxy) is 1. The zero-order valence-corrected chi connectivity index (χ0v) is 18.1. The van der Waals surface area contributed by atoms with Crippen LogP contribution >= 0.6 is 0 Å². The number of hydrogen-bond donors (Lipinski definition) is 1. The molecule has 1 saturated heterocycles. The van der Waals surface area contributed by atoms with Gasteiger partial charge in [0.2, 0.25) is 15.9 Å². The summed E-state index contributed by atoms with van der Waals surface area (Å²) >= 11 is 0. The van der Waals surface area contributed by atoms with E-state index in [0.717, 1.165) is 18.5 Å². The molecule has 1 aromatic rings. The van der Waals surface area contributed by atoms with Crippen molar-refractivity contribution >= 4 is 27.3 Å². The fraction of sp³-hybridized carbons (Fsp3) is 0.571. The Morgan fingerprint density at radius 3 is 2.59 bits per heavy atom. The summed E-state index contributed by atoms with van der Waals surface area (Å²) in [5.41, 5.74) is 1.38. The minimum absolute atomic E-state index is 0.0894. The highest BCUT2D eigenvalue weighted by molar-refractivity contribution is 7.89. The molecule has 8 heteroatoms. The Morgan fingerprint density at radius 2 is 1.97 bits per heavy atom. The van der Waals surface area contributed by atoms with Crippen molar-refractivity contribution in [1.29, 1.82) is 0 Å². The second-order valence-corrected chi connectivity index (χ2v) is 9.32. The van der Waals surface area contributed by atoms with Crippen LogP contribution in [0.25, 0.3) is 0 Å². The van der Waals surface area contributed by atoms with Gasteiger partial charge in [-0.05, 0) is 37.0 Å². The van der Waals surface area contributed by atoms with E-state index >= 15 is 0 Å². The number of hydrogen-bond acceptors (Lipinski definition) is 5. The molecule has 1 aliphatic carbocycles. The van der Waals surface area contributed by atoms with Gasteiger partial charge in [-0.3, -0.25) is 4.79 Å². The van der Waals surface area contributed by atoms with Gasteiger partial charge in [0.25, 0.3) is 0 Å². The molecule has 2 aliphatic rings. The van der Waals surface area contributed by atoms with Crippen molar-refractivity contribution < 1.29 is 17.9 Å². The van der Waals surface area contributed by atoms with Crippen molar-refractivity contribution in [2.24, 2.45) is 5.92 Å². The molecule has 1 heterocycles. The van der Waals surface area contributed by atoms with E-state index in [9.17, 15) is 13.2 Å². The predicted molar refractivity (Wildman–Crippen MR) is 115 cm³/mol. The van der Waals surface area contributed by atoms with Gasteiger partial charge in [0.1, 0.15) is 0 Å². The molecule has 160 valence electrons. The highest BCUT2D eigenvalue weighted by Gasteiger charge is 2.25. The van der Waals surface area contributed by atoms with Gasteiger partial charge in [-0.25, -0.2) is 8.42 Å². The molecule has 1 aromatic carbocycles. The molecule has 1 N–H and O–H groups in total. The summed E-state index contributed by atoms with van der Waals surface area (Å²) in [6.45, 7) is 7.08. The first-order chi connectivity index (χ1) is 14.0. The maximum Gasteiger partial charge on any atom is 0.243 e. The SMILES string of the molecule is CCN(CC)S(=O)(=O)c1ccc(N2CCOCC2)c(NC(=O)CC2C=CCC2)c1. The quantitative estimate of drug-likeness (QED) is 0.653. The van der Waals surface area contributed by atoms with Gasteiger partial charge in [0, 0.05) is 32.6 Å². The third kappa shape index (κ3) is 5.18. The molecular formula is C21H31N3O4S. The smallest absolute Gasteiger partial charge is 0.243 e. The van der Waals surface area contributed by atoms with Gasteiger partial charge in [-0.1, -0.05) is 26.0 Å². The van der Waals surface area contributed by atoms with Crippen LogP contribution in [-0.4, -0.2) is 58.0 Å². The van der Waals surface area contributed by atoms with Crippen LogP contribution in [0.3, 0.4) is 0 Å². The second-order valence-electron chi connectivity index (χ2n) is 7.39. The largest absolute Gasteiger partial charge is 0.378 e. The molecule has 0 radical (unpaired) electrons. The molecule has 0 spiro atoms. The first kappa shape index (κ1) is 21.8. The predicted octanol–water partition coefficient (Wildman–Crippen LogP) is 2.85. The van der Waals surface area contributed by atoms with Crippen LogP contribution in [-0.2, 0) is 19.6 Å². The number of nitrogens with zero attached hydrogens (tertiary/aromatic N) is 2. The van der Waals surface area contributed by atoms with Crippen LogP contribution in [0.15, 0.2) is 35.2 Å². The van der Waals surface area contributed by atoms with Crippen LogP contribution in [0.4, 0.5) is 11.4 Å². The number of amides is 1. The minimum Gasteiger partial charge on any atom is -0.378 e. The van der Waals surface area contributed by atoms with Gasteiger partial charge >= 0.3 is 0 Å². The third-order valence-corrected chi connectivity index (χ3v) is 7.54. The number of benzene rings is 1. The summed E-state index contributed by atoms with van der Waals surface area (Å²) in [4.78, 5) is 15.0. The third-order valence-electron chi connectivity index (χ3n) is 5.50. The number of allylic oxidation sites excluding steroid dienone is 2. The number of carbonyl (C=O) groups is 1.